The van der Waals surface area contributed by atoms with E-state index in [0.717, 1.165) is 16.7 Å². The summed E-state index contributed by atoms with van der Waals surface area (Å²) in [5.74, 6) is 0.483. The molecule has 0 spiro atoms. The maximum atomic E-state index is 12.4. The van der Waals surface area contributed by atoms with E-state index in [4.69, 9.17) is 4.52 Å². The molecule has 1 atom stereocenters. The van der Waals surface area contributed by atoms with E-state index in [0.29, 0.717) is 11.1 Å². The molecule has 0 amide bonds. The minimum atomic E-state index is -3.86. The summed E-state index contributed by atoms with van der Waals surface area (Å²) in [5.41, 5.74) is 2.45. The van der Waals surface area contributed by atoms with Gasteiger partial charge in [-0.05, 0) is 43.5 Å². The lowest BCUT2D eigenvalue weighted by atomic mass is 10.1. The van der Waals surface area contributed by atoms with Crippen LogP contribution in [0.15, 0.2) is 42.5 Å². The Bertz CT molecular complexity index is 629. The van der Waals surface area contributed by atoms with Crippen LogP contribution < -0.4 is 9.83 Å². The van der Waals surface area contributed by atoms with Crippen molar-refractivity contribution in [3.05, 3.63) is 59.2 Å². The Morgan fingerprint density at radius 3 is 2.00 bits per heavy atom. The van der Waals surface area contributed by atoms with Crippen molar-refractivity contribution in [2.45, 2.75) is 20.8 Å². The second-order valence-corrected chi connectivity index (χ2v) is 6.32. The van der Waals surface area contributed by atoms with Crippen molar-refractivity contribution in [2.75, 3.05) is 0 Å². The summed E-state index contributed by atoms with van der Waals surface area (Å²) in [6.45, 7) is 5.52. The highest BCUT2D eigenvalue weighted by Gasteiger charge is 2.27. The van der Waals surface area contributed by atoms with Gasteiger partial charge in [-0.3, -0.25) is 0 Å². The SMILES string of the molecule is Cc1ccccc1P(=O)(O)Oc1c(C)cccc1C. The van der Waals surface area contributed by atoms with Crippen LogP contribution in [0.5, 0.6) is 5.75 Å². The molecule has 0 radical (unpaired) electrons. The highest BCUT2D eigenvalue weighted by Crippen LogP contribution is 2.44. The first-order chi connectivity index (χ1) is 8.92. The first-order valence-electron chi connectivity index (χ1n) is 6.06. The lowest BCUT2D eigenvalue weighted by molar-refractivity contribution is 0.391. The Balaban J connectivity index is 2.43. The van der Waals surface area contributed by atoms with Crippen molar-refractivity contribution in [1.82, 2.24) is 0 Å². The van der Waals surface area contributed by atoms with Gasteiger partial charge in [-0.2, -0.15) is 0 Å². The van der Waals surface area contributed by atoms with Crippen LogP contribution in [0.3, 0.4) is 0 Å². The minimum absolute atomic E-state index is 0.345. The van der Waals surface area contributed by atoms with Crippen molar-refractivity contribution in [1.29, 1.82) is 0 Å². The zero-order valence-electron chi connectivity index (χ0n) is 11.3. The molecule has 0 aromatic heterocycles. The minimum Gasteiger partial charge on any atom is -0.421 e. The molecule has 0 aliphatic carbocycles. The van der Waals surface area contributed by atoms with Crippen molar-refractivity contribution >= 4 is 12.9 Å². The molecule has 2 rings (SSSR count). The Hall–Kier alpha value is -1.57. The lowest BCUT2D eigenvalue weighted by Crippen LogP contribution is -2.13. The molecule has 0 saturated carbocycles. The van der Waals surface area contributed by atoms with Crippen molar-refractivity contribution in [3.8, 4) is 5.75 Å². The summed E-state index contributed by atoms with van der Waals surface area (Å²) in [6.07, 6.45) is 0. The van der Waals surface area contributed by atoms with Gasteiger partial charge in [0.1, 0.15) is 5.75 Å². The molecule has 0 heterocycles. The highest BCUT2D eigenvalue weighted by atomic mass is 31.2. The number of para-hydroxylation sites is 1. The Morgan fingerprint density at radius 1 is 0.895 bits per heavy atom. The Labute approximate surface area is 113 Å². The number of aryl methyl sites for hydroxylation is 3. The first kappa shape index (κ1) is 13.9. The number of benzene rings is 2. The topological polar surface area (TPSA) is 46.5 Å². The largest absolute Gasteiger partial charge is 0.421 e. The van der Waals surface area contributed by atoms with Gasteiger partial charge in [0, 0.05) is 0 Å². The molecule has 3 nitrogen and oxygen atoms in total. The molecule has 4 heteroatoms. The molecule has 2 aromatic carbocycles. The van der Waals surface area contributed by atoms with E-state index in [9.17, 15) is 9.46 Å². The fourth-order valence-corrected chi connectivity index (χ4v) is 3.43. The molecule has 0 aliphatic rings. The fourth-order valence-electron chi connectivity index (χ4n) is 2.00. The van der Waals surface area contributed by atoms with Crippen molar-refractivity contribution in [3.63, 3.8) is 0 Å². The second-order valence-electron chi connectivity index (χ2n) is 4.62. The van der Waals surface area contributed by atoms with Gasteiger partial charge >= 0.3 is 7.60 Å². The van der Waals surface area contributed by atoms with Crippen molar-refractivity contribution in [2.24, 2.45) is 0 Å². The summed E-state index contributed by atoms with van der Waals surface area (Å²) in [7, 11) is -3.86. The van der Waals surface area contributed by atoms with Crippen LogP contribution in [0.1, 0.15) is 16.7 Å². The van der Waals surface area contributed by atoms with Gasteiger partial charge in [0.25, 0.3) is 0 Å². The monoisotopic (exact) mass is 276 g/mol. The highest BCUT2D eigenvalue weighted by molar-refractivity contribution is 7.61. The second kappa shape index (κ2) is 5.20. The Morgan fingerprint density at radius 2 is 1.42 bits per heavy atom. The van der Waals surface area contributed by atoms with E-state index in [2.05, 4.69) is 0 Å². The molecule has 19 heavy (non-hydrogen) atoms. The van der Waals surface area contributed by atoms with E-state index >= 15 is 0 Å². The van der Waals surface area contributed by atoms with Crippen LogP contribution in [-0.2, 0) is 4.57 Å². The third kappa shape index (κ3) is 2.89. The molecular formula is C15H17O3P. The molecular weight excluding hydrogens is 259 g/mol. The summed E-state index contributed by atoms with van der Waals surface area (Å²) >= 11 is 0. The number of rotatable bonds is 3. The summed E-state index contributed by atoms with van der Waals surface area (Å²) in [6, 6.07) is 12.6. The average molecular weight is 276 g/mol. The molecule has 0 bridgehead atoms. The molecule has 1 N–H and O–H groups in total. The summed E-state index contributed by atoms with van der Waals surface area (Å²) < 4.78 is 17.9. The van der Waals surface area contributed by atoms with Gasteiger partial charge < -0.3 is 9.42 Å². The lowest BCUT2D eigenvalue weighted by Gasteiger charge is -2.18. The predicted molar refractivity (Wildman–Crippen MR) is 77.2 cm³/mol. The van der Waals surface area contributed by atoms with Crippen LogP contribution in [0.4, 0.5) is 0 Å². The predicted octanol–water partition coefficient (Wildman–Crippen LogP) is 3.50. The van der Waals surface area contributed by atoms with Gasteiger partial charge in [0.05, 0.1) is 5.30 Å². The normalized spacial score (nSPS) is 13.9. The molecule has 0 aliphatic heterocycles. The van der Waals surface area contributed by atoms with Gasteiger partial charge in [0.2, 0.25) is 0 Å². The van der Waals surface area contributed by atoms with Crippen LogP contribution in [0, 0.1) is 20.8 Å². The first-order valence-corrected chi connectivity index (χ1v) is 7.64. The van der Waals surface area contributed by atoms with Crippen molar-refractivity contribution < 1.29 is 14.0 Å². The number of hydrogen-bond donors (Lipinski definition) is 1. The molecule has 2 aromatic rings. The summed E-state index contributed by atoms with van der Waals surface area (Å²) in [5, 5.41) is 0.345. The number of hydrogen-bond acceptors (Lipinski definition) is 2. The maximum Gasteiger partial charge on any atom is 0.408 e. The standard InChI is InChI=1S/C15H17O3P/c1-11-7-4-5-10-14(11)19(16,17)18-15-12(2)8-6-9-13(15)3/h4-10H,1-3H3,(H,16,17). The smallest absolute Gasteiger partial charge is 0.408 e. The van der Waals surface area contributed by atoms with E-state index < -0.39 is 7.60 Å². The summed E-state index contributed by atoms with van der Waals surface area (Å²) in [4.78, 5) is 10.2. The Kier molecular flexibility index (Phi) is 3.79. The van der Waals surface area contributed by atoms with E-state index in [1.54, 1.807) is 25.1 Å². The van der Waals surface area contributed by atoms with Gasteiger partial charge in [-0.1, -0.05) is 36.4 Å². The zero-order valence-corrected chi connectivity index (χ0v) is 12.1. The van der Waals surface area contributed by atoms with Gasteiger partial charge in [-0.15, -0.1) is 0 Å². The van der Waals surface area contributed by atoms with Crippen LogP contribution in [0.2, 0.25) is 0 Å². The molecule has 0 fully saturated rings. The molecule has 0 saturated heterocycles. The third-order valence-corrected chi connectivity index (χ3v) is 4.58. The molecule has 100 valence electrons. The third-order valence-electron chi connectivity index (χ3n) is 3.04. The fraction of sp³-hybridized carbons (Fsp3) is 0.200. The van der Waals surface area contributed by atoms with Crippen LogP contribution >= 0.6 is 7.60 Å². The van der Waals surface area contributed by atoms with E-state index in [1.165, 1.54) is 0 Å². The van der Waals surface area contributed by atoms with Gasteiger partial charge in [0.15, 0.2) is 0 Å². The quantitative estimate of drug-likeness (QED) is 0.873. The van der Waals surface area contributed by atoms with E-state index in [1.807, 2.05) is 38.1 Å². The average Bonchev–Trinajstić information content (AvgIpc) is 2.34. The van der Waals surface area contributed by atoms with Crippen LogP contribution in [0.25, 0.3) is 0 Å². The maximum absolute atomic E-state index is 12.4. The van der Waals surface area contributed by atoms with Crippen LogP contribution in [-0.4, -0.2) is 4.89 Å². The van der Waals surface area contributed by atoms with Gasteiger partial charge in [-0.25, -0.2) is 4.57 Å². The zero-order chi connectivity index (χ0) is 14.0. The van der Waals surface area contributed by atoms with E-state index in [-0.39, 0.29) is 0 Å². The molecule has 1 unspecified atom stereocenters.